The molecule has 2 aromatic rings. The van der Waals surface area contributed by atoms with Gasteiger partial charge in [0.25, 0.3) is 11.8 Å². The van der Waals surface area contributed by atoms with E-state index in [1.54, 1.807) is 18.2 Å². The van der Waals surface area contributed by atoms with Crippen LogP contribution in [0.15, 0.2) is 35.9 Å². The number of rotatable bonds is 6. The second-order valence-corrected chi connectivity index (χ2v) is 9.16. The maximum absolute atomic E-state index is 13.2. The number of aromatic nitrogens is 1. The van der Waals surface area contributed by atoms with Crippen LogP contribution in [0.5, 0.6) is 5.75 Å². The lowest BCUT2D eigenvalue weighted by Gasteiger charge is -2.29. The number of fused-ring (bicyclic) bond motifs is 1. The van der Waals surface area contributed by atoms with Crippen molar-refractivity contribution in [1.82, 2.24) is 20.1 Å². The van der Waals surface area contributed by atoms with Crippen molar-refractivity contribution in [3.63, 3.8) is 0 Å². The molecule has 4 heterocycles. The lowest BCUT2D eigenvalue weighted by atomic mass is 10.0. The van der Waals surface area contributed by atoms with Gasteiger partial charge in [-0.15, -0.1) is 11.3 Å². The second kappa shape index (κ2) is 9.05. The minimum atomic E-state index is -0.850. The minimum Gasteiger partial charge on any atom is -0.486 e. The van der Waals surface area contributed by atoms with Crippen LogP contribution in [0.3, 0.4) is 0 Å². The van der Waals surface area contributed by atoms with Crippen molar-refractivity contribution < 1.29 is 23.9 Å². The van der Waals surface area contributed by atoms with Gasteiger partial charge < -0.3 is 14.8 Å². The zero-order valence-electron chi connectivity index (χ0n) is 18.0. The molecule has 1 atom stereocenters. The highest BCUT2D eigenvalue weighted by Crippen LogP contribution is 2.34. The molecule has 9 nitrogen and oxygen atoms in total. The predicted molar refractivity (Wildman–Crippen MR) is 120 cm³/mol. The molecule has 10 heteroatoms. The number of allylic oxidation sites excluding steroid dienone is 1. The highest BCUT2D eigenvalue weighted by molar-refractivity contribution is 7.09. The summed E-state index contributed by atoms with van der Waals surface area (Å²) in [7, 11) is 0. The molecule has 33 heavy (non-hydrogen) atoms. The number of hydrogen-bond donors (Lipinski definition) is 1. The lowest BCUT2D eigenvalue weighted by molar-refractivity contribution is -0.125. The third kappa shape index (κ3) is 4.29. The smallest absolute Gasteiger partial charge is 0.266 e. The van der Waals surface area contributed by atoms with E-state index in [-0.39, 0.29) is 23.6 Å². The summed E-state index contributed by atoms with van der Waals surface area (Å²) in [6.07, 6.45) is 0.876. The topological polar surface area (TPSA) is 101 Å². The summed E-state index contributed by atoms with van der Waals surface area (Å²) in [5.41, 5.74) is 2.01. The third-order valence-electron chi connectivity index (χ3n) is 5.98. The van der Waals surface area contributed by atoms with E-state index in [2.05, 4.69) is 21.8 Å². The highest BCUT2D eigenvalue weighted by atomic mass is 32.1. The fraction of sp³-hybridized carbons (Fsp3) is 0.391. The molecule has 2 fully saturated rings. The molecule has 3 amide bonds. The molecule has 0 saturated carbocycles. The molecule has 172 valence electrons. The zero-order valence-corrected chi connectivity index (χ0v) is 18.9. The number of nitrogens with one attached hydrogen (secondary N) is 1. The van der Waals surface area contributed by atoms with Gasteiger partial charge in [0.2, 0.25) is 5.91 Å². The quantitative estimate of drug-likeness (QED) is 0.647. The van der Waals surface area contributed by atoms with Crippen LogP contribution >= 0.6 is 11.3 Å². The van der Waals surface area contributed by atoms with Crippen LogP contribution in [0, 0.1) is 0 Å². The van der Waals surface area contributed by atoms with Gasteiger partial charge in [-0.05, 0) is 25.0 Å². The van der Waals surface area contributed by atoms with Crippen molar-refractivity contribution in [2.45, 2.75) is 32.0 Å². The lowest BCUT2D eigenvalue weighted by Crippen LogP contribution is -2.51. The third-order valence-corrected chi connectivity index (χ3v) is 6.85. The number of hydrogen-bond acceptors (Lipinski definition) is 8. The van der Waals surface area contributed by atoms with E-state index >= 15 is 0 Å². The fourth-order valence-electron chi connectivity index (χ4n) is 4.30. The number of carbonyl (C=O) groups excluding carboxylic acids is 3. The summed E-state index contributed by atoms with van der Waals surface area (Å²) >= 11 is 1.50. The van der Waals surface area contributed by atoms with Crippen LogP contribution in [-0.2, 0) is 22.7 Å². The molecule has 5 rings (SSSR count). The number of benzene rings is 1. The Hall–Kier alpha value is -3.08. The van der Waals surface area contributed by atoms with E-state index < -0.39 is 17.9 Å². The molecule has 3 aliphatic rings. The van der Waals surface area contributed by atoms with Gasteiger partial charge in [-0.3, -0.25) is 24.2 Å². The standard InChI is InChI=1S/C23H24N4O5S/c1-14-5-6-17(21(28)24-14)27-22(29)16-3-2-4-18(20(16)23(27)30)32-12-19-25-15(13-33-19)11-26-7-9-31-10-8-26/h2-4,13,17H,1,5-12H2,(H,24,28). The van der Waals surface area contributed by atoms with E-state index in [9.17, 15) is 14.4 Å². The Balaban J connectivity index is 1.29. The van der Waals surface area contributed by atoms with Crippen molar-refractivity contribution in [2.24, 2.45) is 0 Å². The average Bonchev–Trinajstić information content (AvgIpc) is 3.36. The molecule has 1 aromatic heterocycles. The summed E-state index contributed by atoms with van der Waals surface area (Å²) < 4.78 is 11.3. The number of ether oxygens (including phenoxy) is 2. The molecule has 3 aliphatic heterocycles. The SMILES string of the molecule is C=C1CCC(N2C(=O)c3cccc(OCc4nc(CN5CCOCC5)cs4)c3C2=O)C(=O)N1. The fourth-order valence-corrected chi connectivity index (χ4v) is 5.00. The number of amides is 3. The van der Waals surface area contributed by atoms with E-state index in [0.29, 0.717) is 24.3 Å². The van der Waals surface area contributed by atoms with Gasteiger partial charge in [-0.1, -0.05) is 12.6 Å². The van der Waals surface area contributed by atoms with E-state index in [4.69, 9.17) is 9.47 Å². The number of thiazole rings is 1. The first-order valence-corrected chi connectivity index (χ1v) is 11.7. The molecule has 1 aromatic carbocycles. The van der Waals surface area contributed by atoms with Gasteiger partial charge in [0.05, 0.1) is 30.0 Å². The molecule has 0 spiro atoms. The van der Waals surface area contributed by atoms with Crippen molar-refractivity contribution in [2.75, 3.05) is 26.3 Å². The first kappa shape index (κ1) is 21.7. The molecule has 0 aliphatic carbocycles. The van der Waals surface area contributed by atoms with Crippen LogP contribution in [-0.4, -0.2) is 64.9 Å². The van der Waals surface area contributed by atoms with Gasteiger partial charge in [-0.25, -0.2) is 4.98 Å². The Morgan fingerprint density at radius 2 is 2.03 bits per heavy atom. The van der Waals surface area contributed by atoms with E-state index in [1.807, 2.05) is 5.38 Å². The molecule has 1 N–H and O–H groups in total. The van der Waals surface area contributed by atoms with E-state index in [0.717, 1.165) is 48.4 Å². The van der Waals surface area contributed by atoms with Crippen molar-refractivity contribution in [3.05, 3.63) is 57.7 Å². The van der Waals surface area contributed by atoms with Gasteiger partial charge in [0, 0.05) is 30.7 Å². The average molecular weight is 469 g/mol. The molecule has 2 saturated heterocycles. The summed E-state index contributed by atoms with van der Waals surface area (Å²) in [4.78, 5) is 46.5. The first-order valence-electron chi connectivity index (χ1n) is 10.9. The molecule has 1 unspecified atom stereocenters. The summed E-state index contributed by atoms with van der Waals surface area (Å²) in [5, 5.41) is 5.43. The predicted octanol–water partition coefficient (Wildman–Crippen LogP) is 1.94. The van der Waals surface area contributed by atoms with Gasteiger partial charge in [-0.2, -0.15) is 0 Å². The largest absolute Gasteiger partial charge is 0.486 e. The molecule has 0 radical (unpaired) electrons. The summed E-state index contributed by atoms with van der Waals surface area (Å²) in [6, 6.07) is 4.08. The Morgan fingerprint density at radius 3 is 2.82 bits per heavy atom. The second-order valence-electron chi connectivity index (χ2n) is 8.22. The van der Waals surface area contributed by atoms with Crippen LogP contribution in [0.25, 0.3) is 0 Å². The number of morpholine rings is 1. The van der Waals surface area contributed by atoms with E-state index in [1.165, 1.54) is 11.3 Å². The summed E-state index contributed by atoms with van der Waals surface area (Å²) in [5.74, 6) is -1.06. The number of piperidine rings is 1. The maximum Gasteiger partial charge on any atom is 0.266 e. The monoisotopic (exact) mass is 468 g/mol. The van der Waals surface area contributed by atoms with Crippen LogP contribution in [0.4, 0.5) is 0 Å². The van der Waals surface area contributed by atoms with Gasteiger partial charge >= 0.3 is 0 Å². The number of nitrogens with zero attached hydrogens (tertiary/aromatic N) is 3. The Morgan fingerprint density at radius 1 is 1.21 bits per heavy atom. The van der Waals surface area contributed by atoms with Crippen LogP contribution < -0.4 is 10.1 Å². The number of imide groups is 1. The normalized spacial score (nSPS) is 21.3. The van der Waals surface area contributed by atoms with Gasteiger partial charge in [0.15, 0.2) is 0 Å². The minimum absolute atomic E-state index is 0.190. The van der Waals surface area contributed by atoms with Crippen LogP contribution in [0.1, 0.15) is 44.3 Å². The highest BCUT2D eigenvalue weighted by Gasteiger charge is 2.45. The molecular weight excluding hydrogens is 444 g/mol. The van der Waals surface area contributed by atoms with Gasteiger partial charge in [0.1, 0.15) is 23.4 Å². The Bertz CT molecular complexity index is 1120. The first-order chi connectivity index (χ1) is 16.0. The number of carbonyl (C=O) groups is 3. The maximum atomic E-state index is 13.2. The van der Waals surface area contributed by atoms with Crippen molar-refractivity contribution in [3.8, 4) is 5.75 Å². The molecular formula is C23H24N4O5S. The van der Waals surface area contributed by atoms with Crippen molar-refractivity contribution in [1.29, 1.82) is 0 Å². The van der Waals surface area contributed by atoms with Crippen molar-refractivity contribution >= 4 is 29.1 Å². The Kier molecular flexibility index (Phi) is 5.96. The Labute approximate surface area is 195 Å². The zero-order chi connectivity index (χ0) is 22.9. The van der Waals surface area contributed by atoms with Crippen LogP contribution in [0.2, 0.25) is 0 Å². The molecule has 0 bridgehead atoms. The summed E-state index contributed by atoms with van der Waals surface area (Å²) in [6.45, 7) is 7.95.